The fourth-order valence-electron chi connectivity index (χ4n) is 1.35. The second-order valence-corrected chi connectivity index (χ2v) is 3.48. The molecule has 0 radical (unpaired) electrons. The minimum absolute atomic E-state index is 0.131. The number of hydrogen-bond acceptors (Lipinski definition) is 3. The second kappa shape index (κ2) is 6.08. The van der Waals surface area contributed by atoms with Gasteiger partial charge in [-0.15, -0.1) is 0 Å². The van der Waals surface area contributed by atoms with Crippen LogP contribution < -0.4 is 0 Å². The van der Waals surface area contributed by atoms with Crippen molar-refractivity contribution in [2.75, 3.05) is 13.7 Å². The zero-order chi connectivity index (χ0) is 12.0. The van der Waals surface area contributed by atoms with Crippen LogP contribution in [-0.2, 0) is 4.74 Å². The topological polar surface area (TPSA) is 46.5 Å². The zero-order valence-electron chi connectivity index (χ0n) is 9.56. The maximum absolute atomic E-state index is 11.3. The van der Waals surface area contributed by atoms with Gasteiger partial charge in [0.1, 0.15) is 0 Å². The number of aryl methyl sites for hydroxylation is 1. The lowest BCUT2D eigenvalue weighted by Crippen LogP contribution is -2.01. The van der Waals surface area contributed by atoms with Crippen LogP contribution in [0.15, 0.2) is 24.3 Å². The summed E-state index contributed by atoms with van der Waals surface area (Å²) in [5.41, 5.74) is 2.59. The molecule has 3 heteroatoms. The van der Waals surface area contributed by atoms with Crippen LogP contribution in [0.2, 0.25) is 0 Å². The van der Waals surface area contributed by atoms with Crippen LogP contribution >= 0.6 is 0 Å². The number of esters is 1. The Labute approximate surface area is 95.4 Å². The molecule has 0 fully saturated rings. The van der Waals surface area contributed by atoms with Gasteiger partial charge in [-0.05, 0) is 36.6 Å². The highest BCUT2D eigenvalue weighted by Crippen LogP contribution is 2.14. The maximum atomic E-state index is 11.3. The summed E-state index contributed by atoms with van der Waals surface area (Å²) in [6.07, 6.45) is 4.39. The molecule has 0 saturated heterocycles. The van der Waals surface area contributed by atoms with Gasteiger partial charge in [-0.2, -0.15) is 0 Å². The van der Waals surface area contributed by atoms with E-state index in [-0.39, 0.29) is 12.6 Å². The second-order valence-electron chi connectivity index (χ2n) is 3.48. The summed E-state index contributed by atoms with van der Waals surface area (Å²) in [7, 11) is 1.36. The van der Waals surface area contributed by atoms with E-state index in [2.05, 4.69) is 4.74 Å². The predicted octanol–water partition coefficient (Wildman–Crippen LogP) is 2.18. The molecule has 1 aromatic rings. The third-order valence-corrected chi connectivity index (χ3v) is 2.29. The molecule has 0 aromatic heterocycles. The first-order valence-corrected chi connectivity index (χ1v) is 5.15. The van der Waals surface area contributed by atoms with Crippen molar-refractivity contribution in [2.24, 2.45) is 0 Å². The standard InChI is InChI=1S/C13H16O3/c1-10-6-7-12(13(15)16-2)9-11(10)5-3-4-8-14/h3,5-7,9,14H,4,8H2,1-2H3. The van der Waals surface area contributed by atoms with Crippen LogP contribution in [0.25, 0.3) is 6.08 Å². The largest absolute Gasteiger partial charge is 0.465 e. The number of hydrogen-bond donors (Lipinski definition) is 1. The van der Waals surface area contributed by atoms with Crippen molar-refractivity contribution >= 4 is 12.0 Å². The van der Waals surface area contributed by atoms with E-state index in [1.54, 1.807) is 12.1 Å². The molecule has 0 aliphatic heterocycles. The average molecular weight is 220 g/mol. The monoisotopic (exact) mass is 220 g/mol. The van der Waals surface area contributed by atoms with Crippen LogP contribution in [0.1, 0.15) is 27.9 Å². The zero-order valence-corrected chi connectivity index (χ0v) is 9.56. The van der Waals surface area contributed by atoms with Crippen molar-refractivity contribution in [3.05, 3.63) is 41.0 Å². The predicted molar refractivity (Wildman–Crippen MR) is 63.3 cm³/mol. The Hall–Kier alpha value is -1.61. The summed E-state index contributed by atoms with van der Waals surface area (Å²) in [5, 5.41) is 8.67. The maximum Gasteiger partial charge on any atom is 0.337 e. The quantitative estimate of drug-likeness (QED) is 0.791. The Morgan fingerprint density at radius 1 is 1.50 bits per heavy atom. The van der Waals surface area contributed by atoms with E-state index in [1.807, 2.05) is 25.1 Å². The molecule has 1 rings (SSSR count). The highest BCUT2D eigenvalue weighted by Gasteiger charge is 2.06. The van der Waals surface area contributed by atoms with Crippen molar-refractivity contribution in [1.82, 2.24) is 0 Å². The molecule has 3 nitrogen and oxygen atoms in total. The number of benzene rings is 1. The van der Waals surface area contributed by atoms with Crippen molar-refractivity contribution in [2.45, 2.75) is 13.3 Å². The Bertz CT molecular complexity index is 394. The molecule has 16 heavy (non-hydrogen) atoms. The lowest BCUT2D eigenvalue weighted by Gasteiger charge is -2.04. The van der Waals surface area contributed by atoms with Gasteiger partial charge in [-0.25, -0.2) is 4.79 Å². The van der Waals surface area contributed by atoms with Gasteiger partial charge in [0.05, 0.1) is 12.7 Å². The van der Waals surface area contributed by atoms with E-state index >= 15 is 0 Å². The molecule has 0 amide bonds. The molecule has 1 aromatic carbocycles. The van der Waals surface area contributed by atoms with Crippen LogP contribution in [0.3, 0.4) is 0 Å². The summed E-state index contributed by atoms with van der Waals surface area (Å²) in [4.78, 5) is 11.3. The molecule has 0 unspecified atom stereocenters. The number of rotatable bonds is 4. The average Bonchev–Trinajstić information content (AvgIpc) is 2.31. The third kappa shape index (κ3) is 3.21. The van der Waals surface area contributed by atoms with Gasteiger partial charge in [0.25, 0.3) is 0 Å². The molecular weight excluding hydrogens is 204 g/mol. The number of carbonyl (C=O) groups is 1. The summed E-state index contributed by atoms with van der Waals surface area (Å²) in [6.45, 7) is 2.10. The summed E-state index contributed by atoms with van der Waals surface area (Å²) >= 11 is 0. The van der Waals surface area contributed by atoms with Gasteiger partial charge in [0, 0.05) is 6.61 Å². The molecular formula is C13H16O3. The molecule has 0 bridgehead atoms. The normalized spacial score (nSPS) is 10.7. The Morgan fingerprint density at radius 3 is 2.88 bits per heavy atom. The van der Waals surface area contributed by atoms with Gasteiger partial charge in [-0.1, -0.05) is 18.2 Å². The lowest BCUT2D eigenvalue weighted by molar-refractivity contribution is 0.0600. The SMILES string of the molecule is COC(=O)c1ccc(C)c(C=CCCO)c1. The van der Waals surface area contributed by atoms with Gasteiger partial charge >= 0.3 is 5.97 Å². The number of methoxy groups -OCH3 is 1. The van der Waals surface area contributed by atoms with Crippen LogP contribution in [0, 0.1) is 6.92 Å². The van der Waals surface area contributed by atoms with E-state index in [0.717, 1.165) is 11.1 Å². The smallest absolute Gasteiger partial charge is 0.337 e. The minimum Gasteiger partial charge on any atom is -0.465 e. The first-order chi connectivity index (χ1) is 7.69. The van der Waals surface area contributed by atoms with Crippen molar-refractivity contribution in [1.29, 1.82) is 0 Å². The van der Waals surface area contributed by atoms with Gasteiger partial charge < -0.3 is 9.84 Å². The molecule has 0 heterocycles. The van der Waals surface area contributed by atoms with Gasteiger partial charge in [0.15, 0.2) is 0 Å². The summed E-state index contributed by atoms with van der Waals surface area (Å²) in [5.74, 6) is -0.336. The number of aliphatic hydroxyl groups is 1. The third-order valence-electron chi connectivity index (χ3n) is 2.29. The molecule has 0 saturated carbocycles. The summed E-state index contributed by atoms with van der Waals surface area (Å²) < 4.78 is 4.65. The van der Waals surface area contributed by atoms with Crippen LogP contribution in [-0.4, -0.2) is 24.8 Å². The van der Waals surface area contributed by atoms with E-state index in [1.165, 1.54) is 7.11 Å². The van der Waals surface area contributed by atoms with E-state index in [9.17, 15) is 4.79 Å². The van der Waals surface area contributed by atoms with E-state index < -0.39 is 0 Å². The summed E-state index contributed by atoms with van der Waals surface area (Å²) in [6, 6.07) is 5.41. The van der Waals surface area contributed by atoms with E-state index in [4.69, 9.17) is 5.11 Å². The first kappa shape index (κ1) is 12.5. The molecule has 86 valence electrons. The minimum atomic E-state index is -0.336. The van der Waals surface area contributed by atoms with Crippen LogP contribution in [0.5, 0.6) is 0 Å². The van der Waals surface area contributed by atoms with Gasteiger partial charge in [-0.3, -0.25) is 0 Å². The highest BCUT2D eigenvalue weighted by atomic mass is 16.5. The fourth-order valence-corrected chi connectivity index (χ4v) is 1.35. The van der Waals surface area contributed by atoms with Crippen molar-refractivity contribution in [3.8, 4) is 0 Å². The lowest BCUT2D eigenvalue weighted by atomic mass is 10.0. The number of ether oxygens (including phenoxy) is 1. The van der Waals surface area contributed by atoms with Gasteiger partial charge in [0.2, 0.25) is 0 Å². The van der Waals surface area contributed by atoms with E-state index in [0.29, 0.717) is 12.0 Å². The van der Waals surface area contributed by atoms with Crippen molar-refractivity contribution in [3.63, 3.8) is 0 Å². The van der Waals surface area contributed by atoms with Crippen LogP contribution in [0.4, 0.5) is 0 Å². The molecule has 0 spiro atoms. The Kier molecular flexibility index (Phi) is 4.73. The fraction of sp³-hybridized carbons (Fsp3) is 0.308. The first-order valence-electron chi connectivity index (χ1n) is 5.15. The Balaban J connectivity index is 2.94. The highest BCUT2D eigenvalue weighted by molar-refractivity contribution is 5.90. The Morgan fingerprint density at radius 2 is 2.25 bits per heavy atom. The van der Waals surface area contributed by atoms with Crippen molar-refractivity contribution < 1.29 is 14.6 Å². The molecule has 0 atom stereocenters. The molecule has 1 N–H and O–H groups in total. The molecule has 0 aliphatic rings. The number of aliphatic hydroxyl groups excluding tert-OH is 1. The number of carbonyl (C=O) groups excluding carboxylic acids is 1. The molecule has 0 aliphatic carbocycles.